The van der Waals surface area contributed by atoms with Gasteiger partial charge in [-0.05, 0) is 60.3 Å². The van der Waals surface area contributed by atoms with Crippen LogP contribution in [0.2, 0.25) is 0 Å². The Bertz CT molecular complexity index is 1060. The summed E-state index contributed by atoms with van der Waals surface area (Å²) in [5, 5.41) is 0. The van der Waals surface area contributed by atoms with Crippen LogP contribution in [0, 0.1) is 5.82 Å². The van der Waals surface area contributed by atoms with E-state index < -0.39 is 0 Å². The van der Waals surface area contributed by atoms with Gasteiger partial charge in [0.2, 0.25) is 0 Å². The molecule has 2 heterocycles. The standard InChI is InChI=1S/C28H30FN3/c29-25-11-13-26(14-12-25)32-19-17-31(18-20-32)16-6-15-28(24-8-2-1-3-9-24)22-30-21-23-7-4-5-10-27(23)28/h1-5,7-14,21H,6,15-20,22H2. The van der Waals surface area contributed by atoms with E-state index in [1.807, 2.05) is 18.3 Å². The van der Waals surface area contributed by atoms with Crippen LogP contribution >= 0.6 is 0 Å². The molecule has 3 aromatic rings. The third kappa shape index (κ3) is 4.20. The van der Waals surface area contributed by atoms with E-state index in [0.717, 1.165) is 57.8 Å². The van der Waals surface area contributed by atoms with E-state index >= 15 is 0 Å². The molecule has 3 aromatic carbocycles. The number of benzene rings is 3. The van der Waals surface area contributed by atoms with Crippen LogP contribution in [0.15, 0.2) is 83.9 Å². The third-order valence-electron chi connectivity index (χ3n) is 7.04. The van der Waals surface area contributed by atoms with Crippen LogP contribution < -0.4 is 4.90 Å². The van der Waals surface area contributed by atoms with Crippen LogP contribution in [0.3, 0.4) is 0 Å². The predicted molar refractivity (Wildman–Crippen MR) is 130 cm³/mol. The SMILES string of the molecule is Fc1ccc(N2CCN(CCCC3(c4ccccc4)CN=Cc4ccccc43)CC2)cc1. The molecule has 164 valence electrons. The Kier molecular flexibility index (Phi) is 6.04. The predicted octanol–water partition coefficient (Wildman–Crippen LogP) is 5.15. The number of halogens is 1. The largest absolute Gasteiger partial charge is 0.369 e. The van der Waals surface area contributed by atoms with Crippen LogP contribution in [-0.4, -0.2) is 50.4 Å². The van der Waals surface area contributed by atoms with Gasteiger partial charge in [-0.3, -0.25) is 9.89 Å². The number of hydrogen-bond acceptors (Lipinski definition) is 3. The molecular weight excluding hydrogens is 397 g/mol. The second-order valence-corrected chi connectivity index (χ2v) is 8.91. The van der Waals surface area contributed by atoms with E-state index in [1.165, 1.54) is 16.7 Å². The van der Waals surface area contributed by atoms with Crippen LogP contribution in [0.5, 0.6) is 0 Å². The Morgan fingerprint density at radius 1 is 0.812 bits per heavy atom. The zero-order valence-corrected chi connectivity index (χ0v) is 18.5. The van der Waals surface area contributed by atoms with Gasteiger partial charge in [0.25, 0.3) is 0 Å². The summed E-state index contributed by atoms with van der Waals surface area (Å²) in [5.41, 5.74) is 5.08. The monoisotopic (exact) mass is 427 g/mol. The molecule has 5 rings (SSSR count). The molecule has 0 aromatic heterocycles. The van der Waals surface area contributed by atoms with Crippen molar-refractivity contribution >= 4 is 11.9 Å². The van der Waals surface area contributed by atoms with Crippen molar-refractivity contribution in [1.82, 2.24) is 4.90 Å². The van der Waals surface area contributed by atoms with E-state index in [1.54, 1.807) is 12.1 Å². The molecule has 3 nitrogen and oxygen atoms in total. The molecule has 32 heavy (non-hydrogen) atoms. The first kappa shape index (κ1) is 20.9. The summed E-state index contributed by atoms with van der Waals surface area (Å²) in [5.74, 6) is -0.173. The molecule has 1 unspecified atom stereocenters. The number of aliphatic imine (C=N–C) groups is 1. The van der Waals surface area contributed by atoms with E-state index in [-0.39, 0.29) is 11.2 Å². The lowest BCUT2D eigenvalue weighted by atomic mass is 9.69. The minimum atomic E-state index is -0.173. The Morgan fingerprint density at radius 3 is 2.31 bits per heavy atom. The molecule has 0 N–H and O–H groups in total. The van der Waals surface area contributed by atoms with Gasteiger partial charge in [-0.25, -0.2) is 4.39 Å². The van der Waals surface area contributed by atoms with Crippen molar-refractivity contribution in [3.63, 3.8) is 0 Å². The molecule has 2 aliphatic rings. The molecule has 1 fully saturated rings. The topological polar surface area (TPSA) is 18.8 Å². The normalized spacial score (nSPS) is 20.8. The molecule has 1 saturated heterocycles. The lowest BCUT2D eigenvalue weighted by Gasteiger charge is -2.39. The zero-order valence-electron chi connectivity index (χ0n) is 18.5. The highest BCUT2D eigenvalue weighted by molar-refractivity contribution is 5.84. The van der Waals surface area contributed by atoms with E-state index in [0.29, 0.717) is 0 Å². The minimum absolute atomic E-state index is 0.0530. The average Bonchev–Trinajstić information content (AvgIpc) is 2.86. The van der Waals surface area contributed by atoms with E-state index in [9.17, 15) is 4.39 Å². The van der Waals surface area contributed by atoms with Gasteiger partial charge in [0.1, 0.15) is 5.82 Å². The maximum Gasteiger partial charge on any atom is 0.123 e. The first-order valence-corrected chi connectivity index (χ1v) is 11.6. The maximum absolute atomic E-state index is 13.2. The zero-order chi connectivity index (χ0) is 21.8. The Balaban J connectivity index is 1.25. The molecule has 2 aliphatic heterocycles. The van der Waals surface area contributed by atoms with Crippen molar-refractivity contribution < 1.29 is 4.39 Å². The van der Waals surface area contributed by atoms with Gasteiger partial charge >= 0.3 is 0 Å². The summed E-state index contributed by atoms with van der Waals surface area (Å²) in [6.07, 6.45) is 4.25. The van der Waals surface area contributed by atoms with Crippen molar-refractivity contribution in [3.8, 4) is 0 Å². The fourth-order valence-corrected chi connectivity index (χ4v) is 5.28. The van der Waals surface area contributed by atoms with Gasteiger partial charge in [0.05, 0.1) is 6.54 Å². The van der Waals surface area contributed by atoms with Gasteiger partial charge in [0, 0.05) is 43.5 Å². The van der Waals surface area contributed by atoms with Crippen LogP contribution in [-0.2, 0) is 5.41 Å². The summed E-state index contributed by atoms with van der Waals surface area (Å²) in [7, 11) is 0. The van der Waals surface area contributed by atoms with Gasteiger partial charge < -0.3 is 4.90 Å². The van der Waals surface area contributed by atoms with Crippen molar-refractivity contribution in [3.05, 3.63) is 101 Å². The summed E-state index contributed by atoms with van der Waals surface area (Å²) in [6, 6.07) is 26.5. The maximum atomic E-state index is 13.2. The second kappa shape index (κ2) is 9.25. The number of nitrogens with zero attached hydrogens (tertiary/aromatic N) is 3. The highest BCUT2D eigenvalue weighted by atomic mass is 19.1. The smallest absolute Gasteiger partial charge is 0.123 e. The number of fused-ring (bicyclic) bond motifs is 1. The molecule has 0 aliphatic carbocycles. The number of rotatable bonds is 6. The first-order valence-electron chi connectivity index (χ1n) is 11.6. The van der Waals surface area contributed by atoms with Crippen LogP contribution in [0.1, 0.15) is 29.5 Å². The highest BCUT2D eigenvalue weighted by Crippen LogP contribution is 2.40. The summed E-state index contributed by atoms with van der Waals surface area (Å²) in [4.78, 5) is 9.71. The quantitative estimate of drug-likeness (QED) is 0.542. The lowest BCUT2D eigenvalue weighted by Crippen LogP contribution is -2.47. The molecular formula is C28H30FN3. The molecule has 1 atom stereocenters. The van der Waals surface area contributed by atoms with Gasteiger partial charge in [-0.15, -0.1) is 0 Å². The Morgan fingerprint density at radius 2 is 1.53 bits per heavy atom. The van der Waals surface area contributed by atoms with Gasteiger partial charge in [-0.2, -0.15) is 0 Å². The van der Waals surface area contributed by atoms with Crippen molar-refractivity contribution in [2.75, 3.05) is 44.2 Å². The Labute approximate surface area is 190 Å². The summed E-state index contributed by atoms with van der Waals surface area (Å²) in [6.45, 7) is 5.98. The van der Waals surface area contributed by atoms with E-state index in [4.69, 9.17) is 4.99 Å². The molecule has 4 heteroatoms. The second-order valence-electron chi connectivity index (χ2n) is 8.91. The first-order chi connectivity index (χ1) is 15.7. The number of anilines is 1. The number of piperazine rings is 1. The van der Waals surface area contributed by atoms with Crippen molar-refractivity contribution in [1.29, 1.82) is 0 Å². The molecule has 0 saturated carbocycles. The average molecular weight is 428 g/mol. The molecule has 0 radical (unpaired) electrons. The molecule has 0 bridgehead atoms. The highest BCUT2D eigenvalue weighted by Gasteiger charge is 2.37. The minimum Gasteiger partial charge on any atom is -0.369 e. The van der Waals surface area contributed by atoms with E-state index in [2.05, 4.69) is 64.4 Å². The third-order valence-corrected chi connectivity index (χ3v) is 7.04. The van der Waals surface area contributed by atoms with Gasteiger partial charge in [-0.1, -0.05) is 54.6 Å². The molecule has 0 amide bonds. The van der Waals surface area contributed by atoms with Crippen molar-refractivity contribution in [2.45, 2.75) is 18.3 Å². The van der Waals surface area contributed by atoms with Crippen LogP contribution in [0.4, 0.5) is 10.1 Å². The fraction of sp³-hybridized carbons (Fsp3) is 0.321. The lowest BCUT2D eigenvalue weighted by molar-refractivity contribution is 0.245. The summed E-state index contributed by atoms with van der Waals surface area (Å²) < 4.78 is 13.2. The van der Waals surface area contributed by atoms with Gasteiger partial charge in [0.15, 0.2) is 0 Å². The number of hydrogen-bond donors (Lipinski definition) is 0. The fourth-order valence-electron chi connectivity index (χ4n) is 5.28. The molecule has 0 spiro atoms. The Hall–Kier alpha value is -2.98. The van der Waals surface area contributed by atoms with Crippen molar-refractivity contribution in [2.24, 2.45) is 4.99 Å². The van der Waals surface area contributed by atoms with Crippen LogP contribution in [0.25, 0.3) is 0 Å². The summed E-state index contributed by atoms with van der Waals surface area (Å²) >= 11 is 0.